The second-order valence-corrected chi connectivity index (χ2v) is 4.61. The molecule has 0 aliphatic heterocycles. The molecule has 5 N–H and O–H groups in total. The Kier molecular flexibility index (Phi) is 6.19. The molecule has 114 valence electrons. The first-order valence-electron chi connectivity index (χ1n) is 6.63. The van der Waals surface area contributed by atoms with Crippen LogP contribution in [-0.2, 0) is 9.59 Å². The fourth-order valence-electron chi connectivity index (χ4n) is 1.84. The molecule has 0 bridgehead atoms. The molecule has 0 aliphatic carbocycles. The number of nitrogens with one attached hydrogen (secondary N) is 2. The maximum atomic E-state index is 12.1. The first-order chi connectivity index (χ1) is 9.97. The summed E-state index contributed by atoms with van der Waals surface area (Å²) in [6.07, 6.45) is 1.22. The third-order valence-corrected chi connectivity index (χ3v) is 2.84. The highest BCUT2D eigenvalue weighted by Crippen LogP contribution is 2.16. The van der Waals surface area contributed by atoms with Crippen LogP contribution in [0.15, 0.2) is 29.4 Å². The van der Waals surface area contributed by atoms with Crippen LogP contribution in [0.3, 0.4) is 0 Å². The summed E-state index contributed by atoms with van der Waals surface area (Å²) in [6.45, 7) is 3.33. The van der Waals surface area contributed by atoms with Crippen LogP contribution in [0, 0.1) is 5.92 Å². The minimum Gasteiger partial charge on any atom is -0.409 e. The van der Waals surface area contributed by atoms with Crippen LogP contribution in [0.25, 0.3) is 0 Å². The smallest absolute Gasteiger partial charge is 0.235 e. The highest BCUT2D eigenvalue weighted by Gasteiger charge is 2.22. The zero-order chi connectivity index (χ0) is 15.8. The molecule has 0 aromatic heterocycles. The molecule has 1 atom stereocenters. The van der Waals surface area contributed by atoms with E-state index in [-0.39, 0.29) is 17.6 Å². The Labute approximate surface area is 123 Å². The SMILES string of the molecule is CCCC(C(=O)Nc1ccc(NC(C)=O)cc1)C(N)=NO. The lowest BCUT2D eigenvalue weighted by molar-refractivity contribution is -0.118. The lowest BCUT2D eigenvalue weighted by Crippen LogP contribution is -2.34. The van der Waals surface area contributed by atoms with E-state index in [9.17, 15) is 9.59 Å². The van der Waals surface area contributed by atoms with Gasteiger partial charge in [-0.3, -0.25) is 9.59 Å². The van der Waals surface area contributed by atoms with Gasteiger partial charge in [-0.25, -0.2) is 0 Å². The van der Waals surface area contributed by atoms with Crippen molar-refractivity contribution in [3.8, 4) is 0 Å². The van der Waals surface area contributed by atoms with Crippen molar-refractivity contribution >= 4 is 29.0 Å². The van der Waals surface area contributed by atoms with Gasteiger partial charge in [0.05, 0.1) is 5.92 Å². The quantitative estimate of drug-likeness (QED) is 0.276. The van der Waals surface area contributed by atoms with Crippen molar-refractivity contribution < 1.29 is 14.8 Å². The number of carbonyl (C=O) groups is 2. The van der Waals surface area contributed by atoms with Crippen LogP contribution in [0.2, 0.25) is 0 Å². The van der Waals surface area contributed by atoms with Gasteiger partial charge in [0.1, 0.15) is 0 Å². The largest absolute Gasteiger partial charge is 0.409 e. The van der Waals surface area contributed by atoms with Gasteiger partial charge in [0.25, 0.3) is 0 Å². The fourth-order valence-corrected chi connectivity index (χ4v) is 1.84. The van der Waals surface area contributed by atoms with Gasteiger partial charge in [-0.2, -0.15) is 0 Å². The van der Waals surface area contributed by atoms with E-state index in [4.69, 9.17) is 10.9 Å². The van der Waals surface area contributed by atoms with Gasteiger partial charge >= 0.3 is 0 Å². The molecule has 1 aromatic rings. The number of benzene rings is 1. The molecule has 0 heterocycles. The molecule has 0 saturated carbocycles. The Balaban J connectivity index is 2.74. The molecule has 1 aromatic carbocycles. The van der Waals surface area contributed by atoms with Crippen LogP contribution in [0.1, 0.15) is 26.7 Å². The molecule has 1 unspecified atom stereocenters. The zero-order valence-electron chi connectivity index (χ0n) is 12.1. The summed E-state index contributed by atoms with van der Waals surface area (Å²) in [5.41, 5.74) is 6.74. The normalized spacial score (nSPS) is 12.6. The summed E-state index contributed by atoms with van der Waals surface area (Å²) in [5, 5.41) is 16.9. The second-order valence-electron chi connectivity index (χ2n) is 4.61. The van der Waals surface area contributed by atoms with Crippen molar-refractivity contribution in [1.29, 1.82) is 0 Å². The molecule has 0 spiro atoms. The number of nitrogens with two attached hydrogens (primary N) is 1. The molecule has 21 heavy (non-hydrogen) atoms. The van der Waals surface area contributed by atoms with E-state index >= 15 is 0 Å². The maximum Gasteiger partial charge on any atom is 0.235 e. The topological polar surface area (TPSA) is 117 Å². The van der Waals surface area contributed by atoms with Crippen molar-refractivity contribution in [2.75, 3.05) is 10.6 Å². The summed E-state index contributed by atoms with van der Waals surface area (Å²) in [5.74, 6) is -1.28. The van der Waals surface area contributed by atoms with Gasteiger partial charge in [0.2, 0.25) is 11.8 Å². The summed E-state index contributed by atoms with van der Waals surface area (Å²) < 4.78 is 0. The number of oxime groups is 1. The van der Waals surface area contributed by atoms with Crippen LogP contribution >= 0.6 is 0 Å². The van der Waals surface area contributed by atoms with Gasteiger partial charge < -0.3 is 21.6 Å². The number of amidine groups is 1. The minimum atomic E-state index is -0.671. The minimum absolute atomic E-state index is 0.107. The Bertz CT molecular complexity index is 526. The predicted octanol–water partition coefficient (Wildman–Crippen LogP) is 1.75. The Hall–Kier alpha value is -2.57. The predicted molar refractivity (Wildman–Crippen MR) is 81.2 cm³/mol. The van der Waals surface area contributed by atoms with Crippen LogP contribution < -0.4 is 16.4 Å². The first kappa shape index (κ1) is 16.5. The van der Waals surface area contributed by atoms with Gasteiger partial charge in [-0.1, -0.05) is 18.5 Å². The molecule has 7 nitrogen and oxygen atoms in total. The molecule has 0 radical (unpaired) electrons. The molecule has 0 fully saturated rings. The number of anilines is 2. The van der Waals surface area contributed by atoms with Crippen molar-refractivity contribution in [1.82, 2.24) is 0 Å². The van der Waals surface area contributed by atoms with Gasteiger partial charge in [0, 0.05) is 18.3 Å². The number of hydrogen-bond donors (Lipinski definition) is 4. The number of rotatable bonds is 6. The number of nitrogens with zero attached hydrogens (tertiary/aromatic N) is 1. The third kappa shape index (κ3) is 5.13. The Morgan fingerprint density at radius 3 is 2.19 bits per heavy atom. The standard InChI is InChI=1S/C14H20N4O3/c1-3-4-12(13(15)18-21)14(20)17-11-7-5-10(6-8-11)16-9(2)19/h5-8,12,21H,3-4H2,1-2H3,(H2,15,18)(H,16,19)(H,17,20). The van der Waals surface area contributed by atoms with E-state index in [2.05, 4.69) is 15.8 Å². The van der Waals surface area contributed by atoms with Crippen molar-refractivity contribution in [3.05, 3.63) is 24.3 Å². The van der Waals surface area contributed by atoms with Crippen LogP contribution in [-0.4, -0.2) is 22.9 Å². The Morgan fingerprint density at radius 2 is 1.76 bits per heavy atom. The Morgan fingerprint density at radius 1 is 1.24 bits per heavy atom. The van der Waals surface area contributed by atoms with Crippen molar-refractivity contribution in [2.24, 2.45) is 16.8 Å². The maximum absolute atomic E-state index is 12.1. The number of amides is 2. The van der Waals surface area contributed by atoms with Crippen LogP contribution in [0.5, 0.6) is 0 Å². The molecular formula is C14H20N4O3. The van der Waals surface area contributed by atoms with E-state index in [1.165, 1.54) is 6.92 Å². The van der Waals surface area contributed by atoms with E-state index in [0.717, 1.165) is 6.42 Å². The lowest BCUT2D eigenvalue weighted by Gasteiger charge is -2.14. The average Bonchev–Trinajstić information content (AvgIpc) is 2.45. The lowest BCUT2D eigenvalue weighted by atomic mass is 10.0. The highest BCUT2D eigenvalue weighted by atomic mass is 16.4. The molecule has 0 aliphatic rings. The monoisotopic (exact) mass is 292 g/mol. The summed E-state index contributed by atoms with van der Waals surface area (Å²) in [7, 11) is 0. The van der Waals surface area contributed by atoms with Gasteiger partial charge in [-0.15, -0.1) is 0 Å². The second kappa shape index (κ2) is 7.88. The molecule has 1 rings (SSSR count). The number of carbonyl (C=O) groups excluding carboxylic acids is 2. The van der Waals surface area contributed by atoms with E-state index in [1.54, 1.807) is 24.3 Å². The fraction of sp³-hybridized carbons (Fsp3) is 0.357. The van der Waals surface area contributed by atoms with E-state index in [1.807, 2.05) is 6.92 Å². The highest BCUT2D eigenvalue weighted by molar-refractivity contribution is 6.07. The van der Waals surface area contributed by atoms with Gasteiger partial charge in [0.15, 0.2) is 5.84 Å². The summed E-state index contributed by atoms with van der Waals surface area (Å²) in [4.78, 5) is 23.0. The van der Waals surface area contributed by atoms with Crippen molar-refractivity contribution in [3.63, 3.8) is 0 Å². The molecule has 2 amide bonds. The molecule has 0 saturated heterocycles. The summed E-state index contributed by atoms with van der Waals surface area (Å²) in [6, 6.07) is 6.68. The third-order valence-electron chi connectivity index (χ3n) is 2.84. The van der Waals surface area contributed by atoms with Crippen molar-refractivity contribution in [2.45, 2.75) is 26.7 Å². The molecular weight excluding hydrogens is 272 g/mol. The van der Waals surface area contributed by atoms with E-state index in [0.29, 0.717) is 17.8 Å². The van der Waals surface area contributed by atoms with E-state index < -0.39 is 5.92 Å². The average molecular weight is 292 g/mol. The number of hydrogen-bond acceptors (Lipinski definition) is 4. The van der Waals surface area contributed by atoms with Gasteiger partial charge in [-0.05, 0) is 30.7 Å². The molecule has 7 heteroatoms. The van der Waals surface area contributed by atoms with Crippen LogP contribution in [0.4, 0.5) is 11.4 Å². The summed E-state index contributed by atoms with van der Waals surface area (Å²) >= 11 is 0. The first-order valence-corrected chi connectivity index (χ1v) is 6.63. The zero-order valence-corrected chi connectivity index (χ0v) is 12.1.